The summed E-state index contributed by atoms with van der Waals surface area (Å²) in [5, 5.41) is 24.6. The first-order valence-electron chi connectivity index (χ1n) is 7.24. The summed E-state index contributed by atoms with van der Waals surface area (Å²) in [5.74, 6) is -1.09. The number of thiophene rings is 1. The molecule has 2 heterocycles. The minimum Gasteiger partial charge on any atom is -0.477 e. The molecular weight excluding hydrogens is 383 g/mol. The van der Waals surface area contributed by atoms with Crippen LogP contribution in [0.3, 0.4) is 0 Å². The molecule has 0 aliphatic carbocycles. The van der Waals surface area contributed by atoms with Crippen molar-refractivity contribution in [2.24, 2.45) is 0 Å². The van der Waals surface area contributed by atoms with Gasteiger partial charge in [-0.25, -0.2) is 4.79 Å². The van der Waals surface area contributed by atoms with Crippen molar-refractivity contribution < 1.29 is 15.0 Å². The van der Waals surface area contributed by atoms with Crippen LogP contribution in [-0.4, -0.2) is 27.4 Å². The molecule has 2 aromatic heterocycles. The molecule has 4 N–H and O–H groups in total. The Morgan fingerprint density at radius 1 is 1.32 bits per heavy atom. The van der Waals surface area contributed by atoms with Crippen molar-refractivity contribution in [3.63, 3.8) is 0 Å². The van der Waals surface area contributed by atoms with Gasteiger partial charge in [-0.2, -0.15) is 0 Å². The van der Waals surface area contributed by atoms with Crippen LogP contribution in [0, 0.1) is 0 Å². The highest BCUT2D eigenvalue weighted by molar-refractivity contribution is 7.18. The lowest BCUT2D eigenvalue weighted by molar-refractivity contribution is 0.0692. The first-order valence-corrected chi connectivity index (χ1v) is 8.88. The maximum Gasteiger partial charge on any atom is 0.353 e. The highest BCUT2D eigenvalue weighted by Crippen LogP contribution is 2.41. The number of hydrogen-bond donors (Lipinski definition) is 4. The van der Waals surface area contributed by atoms with E-state index >= 15 is 0 Å². The van der Waals surface area contributed by atoms with Crippen LogP contribution >= 0.6 is 34.5 Å². The number of carbonyl (C=O) groups is 1. The number of benzene rings is 1. The number of nitrogens with one attached hydrogen (secondary N) is 2. The molecule has 0 fully saturated rings. The molecule has 0 saturated carbocycles. The molecule has 0 saturated heterocycles. The van der Waals surface area contributed by atoms with Gasteiger partial charge in [0.2, 0.25) is 0 Å². The summed E-state index contributed by atoms with van der Waals surface area (Å²) in [5.41, 5.74) is 3.01. The fourth-order valence-corrected chi connectivity index (χ4v) is 4.29. The second-order valence-corrected chi connectivity index (χ2v) is 7.24. The van der Waals surface area contributed by atoms with Crippen molar-refractivity contribution >= 4 is 56.4 Å². The van der Waals surface area contributed by atoms with Crippen molar-refractivity contribution in [1.82, 2.24) is 10.3 Å². The third-order valence-corrected chi connectivity index (χ3v) is 5.03. The number of rotatable bonds is 5. The zero-order valence-corrected chi connectivity index (χ0v) is 15.4. The van der Waals surface area contributed by atoms with E-state index in [-0.39, 0.29) is 5.69 Å². The van der Waals surface area contributed by atoms with E-state index in [2.05, 4.69) is 16.9 Å². The summed E-state index contributed by atoms with van der Waals surface area (Å²) in [6.45, 7) is 5.47. The van der Waals surface area contributed by atoms with Gasteiger partial charge in [0.05, 0.1) is 10.2 Å². The SMILES string of the molecule is C=C(NC(C)O)c1csc2c(-c3cc(Cl)cc(Cl)c3)c(C(=O)O)[nH]c12. The molecule has 1 atom stereocenters. The van der Waals surface area contributed by atoms with E-state index in [1.807, 2.05) is 5.38 Å². The number of carboxylic acids is 1. The first kappa shape index (κ1) is 17.8. The van der Waals surface area contributed by atoms with Crippen LogP contribution in [0.2, 0.25) is 10.0 Å². The van der Waals surface area contributed by atoms with E-state index < -0.39 is 12.2 Å². The van der Waals surface area contributed by atoms with Gasteiger partial charge in [0, 0.05) is 32.2 Å². The normalized spacial score (nSPS) is 12.3. The van der Waals surface area contributed by atoms with Crippen molar-refractivity contribution in [3.8, 4) is 11.1 Å². The summed E-state index contributed by atoms with van der Waals surface area (Å²) >= 11 is 13.5. The van der Waals surface area contributed by atoms with Gasteiger partial charge >= 0.3 is 5.97 Å². The van der Waals surface area contributed by atoms with Crippen molar-refractivity contribution in [2.45, 2.75) is 13.2 Å². The summed E-state index contributed by atoms with van der Waals surface area (Å²) in [6.07, 6.45) is -0.775. The number of aromatic carboxylic acids is 1. The van der Waals surface area contributed by atoms with Gasteiger partial charge in [0.15, 0.2) is 0 Å². The summed E-state index contributed by atoms with van der Waals surface area (Å²) in [7, 11) is 0. The Labute approximate surface area is 157 Å². The van der Waals surface area contributed by atoms with Crippen LogP contribution < -0.4 is 5.32 Å². The highest BCUT2D eigenvalue weighted by Gasteiger charge is 2.23. The number of aromatic amines is 1. The van der Waals surface area contributed by atoms with E-state index in [4.69, 9.17) is 23.2 Å². The topological polar surface area (TPSA) is 85.3 Å². The van der Waals surface area contributed by atoms with E-state index in [0.717, 1.165) is 4.70 Å². The van der Waals surface area contributed by atoms with Crippen molar-refractivity contribution in [3.05, 3.63) is 51.5 Å². The Morgan fingerprint density at radius 2 is 1.96 bits per heavy atom. The molecule has 0 bridgehead atoms. The van der Waals surface area contributed by atoms with Crippen molar-refractivity contribution in [2.75, 3.05) is 0 Å². The van der Waals surface area contributed by atoms with E-state index in [0.29, 0.717) is 37.9 Å². The fourth-order valence-electron chi connectivity index (χ4n) is 2.65. The zero-order valence-electron chi connectivity index (χ0n) is 13.1. The molecule has 1 aromatic carbocycles. The van der Waals surface area contributed by atoms with E-state index in [9.17, 15) is 15.0 Å². The minimum atomic E-state index is -1.09. The summed E-state index contributed by atoms with van der Waals surface area (Å²) < 4.78 is 0.749. The Balaban J connectivity index is 2.24. The van der Waals surface area contributed by atoms with Gasteiger partial charge in [-0.1, -0.05) is 29.8 Å². The van der Waals surface area contributed by atoms with Gasteiger partial charge < -0.3 is 20.5 Å². The summed E-state index contributed by atoms with van der Waals surface area (Å²) in [4.78, 5) is 14.7. The lowest BCUT2D eigenvalue weighted by atomic mass is 10.1. The van der Waals surface area contributed by atoms with Gasteiger partial charge in [-0.05, 0) is 30.7 Å². The first-order chi connectivity index (χ1) is 11.8. The maximum atomic E-state index is 11.7. The van der Waals surface area contributed by atoms with Gasteiger partial charge in [0.25, 0.3) is 0 Å². The van der Waals surface area contributed by atoms with Gasteiger partial charge in [-0.15, -0.1) is 11.3 Å². The predicted molar refractivity (Wildman–Crippen MR) is 102 cm³/mol. The van der Waals surface area contributed by atoms with E-state index in [1.165, 1.54) is 11.3 Å². The number of hydrogen-bond acceptors (Lipinski definition) is 4. The molecule has 3 aromatic rings. The number of H-pyrrole nitrogens is 1. The molecule has 8 heteroatoms. The Kier molecular flexibility index (Phi) is 4.79. The van der Waals surface area contributed by atoms with Crippen LogP contribution in [0.5, 0.6) is 0 Å². The molecule has 5 nitrogen and oxygen atoms in total. The number of fused-ring (bicyclic) bond motifs is 1. The second-order valence-electron chi connectivity index (χ2n) is 5.49. The molecule has 130 valence electrons. The molecular formula is C17H14Cl2N2O3S. The van der Waals surface area contributed by atoms with Crippen LogP contribution in [0.1, 0.15) is 23.0 Å². The molecule has 0 radical (unpaired) electrons. The quantitative estimate of drug-likeness (QED) is 0.466. The van der Waals surface area contributed by atoms with Gasteiger partial charge in [-0.3, -0.25) is 0 Å². The average Bonchev–Trinajstić information content (AvgIpc) is 3.03. The van der Waals surface area contributed by atoms with Crippen LogP contribution in [-0.2, 0) is 0 Å². The van der Waals surface area contributed by atoms with Crippen LogP contribution in [0.4, 0.5) is 0 Å². The second kappa shape index (κ2) is 6.72. The molecule has 25 heavy (non-hydrogen) atoms. The predicted octanol–water partition coefficient (Wildman–Crippen LogP) is 4.80. The molecule has 0 aliphatic rings. The monoisotopic (exact) mass is 396 g/mol. The number of aromatic nitrogens is 1. The Hall–Kier alpha value is -1.99. The van der Waals surface area contributed by atoms with Crippen LogP contribution in [0.25, 0.3) is 27.0 Å². The number of carboxylic acid groups (broad SMARTS) is 1. The van der Waals surface area contributed by atoms with Crippen molar-refractivity contribution in [1.29, 1.82) is 0 Å². The molecule has 1 unspecified atom stereocenters. The third-order valence-electron chi connectivity index (χ3n) is 3.59. The number of halogens is 2. The van der Waals surface area contributed by atoms with Gasteiger partial charge in [0.1, 0.15) is 11.9 Å². The number of aliphatic hydroxyl groups excluding tert-OH is 1. The lowest BCUT2D eigenvalue weighted by Gasteiger charge is -2.10. The zero-order chi connectivity index (χ0) is 18.3. The van der Waals surface area contributed by atoms with Crippen LogP contribution in [0.15, 0.2) is 30.2 Å². The molecule has 0 spiro atoms. The highest BCUT2D eigenvalue weighted by atomic mass is 35.5. The average molecular weight is 397 g/mol. The maximum absolute atomic E-state index is 11.7. The van der Waals surface area contributed by atoms with E-state index in [1.54, 1.807) is 25.1 Å². The molecule has 3 rings (SSSR count). The lowest BCUT2D eigenvalue weighted by Crippen LogP contribution is -2.22. The summed E-state index contributed by atoms with van der Waals surface area (Å²) in [6, 6.07) is 4.93. The standard InChI is InChI=1S/C17H14Cl2N2O3S/c1-7(20-8(2)22)12-6-25-16-13(15(17(23)24)21-14(12)16)9-3-10(18)5-11(19)4-9/h3-6,8,20-22H,1H2,2H3,(H,23,24). The fraction of sp³-hybridized carbons (Fsp3) is 0.118. The Morgan fingerprint density at radius 3 is 2.52 bits per heavy atom. The Bertz CT molecular complexity index is 971. The molecule has 0 amide bonds. The minimum absolute atomic E-state index is 0.0475. The smallest absolute Gasteiger partial charge is 0.353 e. The largest absolute Gasteiger partial charge is 0.477 e. The molecule has 0 aliphatic heterocycles. The number of aliphatic hydroxyl groups is 1. The third kappa shape index (κ3) is 3.39.